The van der Waals surface area contributed by atoms with Crippen LogP contribution >= 0.6 is 23.1 Å². The first kappa shape index (κ1) is 21.2. The van der Waals surface area contributed by atoms with E-state index in [0.29, 0.717) is 17.1 Å². The number of nitrogens with one attached hydrogen (secondary N) is 1. The van der Waals surface area contributed by atoms with Gasteiger partial charge < -0.3 is 10.1 Å². The van der Waals surface area contributed by atoms with Crippen molar-refractivity contribution in [3.05, 3.63) is 66.0 Å². The number of ether oxygens (including phenoxy) is 1. The summed E-state index contributed by atoms with van der Waals surface area (Å²) in [6, 6.07) is 17.2. The van der Waals surface area contributed by atoms with Crippen molar-refractivity contribution < 1.29 is 17.9 Å². The second-order valence-electron chi connectivity index (χ2n) is 5.89. The number of carbonyl (C=O) groups is 1. The lowest BCUT2D eigenvalue weighted by atomic mass is 10.3. The van der Waals surface area contributed by atoms with Crippen LogP contribution in [0, 0.1) is 0 Å². The van der Waals surface area contributed by atoms with Gasteiger partial charge in [-0.3, -0.25) is 9.10 Å². The molecule has 1 amide bonds. The van der Waals surface area contributed by atoms with Gasteiger partial charge in [0.1, 0.15) is 16.5 Å². The van der Waals surface area contributed by atoms with Crippen molar-refractivity contribution in [2.24, 2.45) is 0 Å². The molecule has 0 aliphatic carbocycles. The molecule has 0 saturated carbocycles. The van der Waals surface area contributed by atoms with Crippen LogP contribution in [-0.2, 0) is 14.8 Å². The summed E-state index contributed by atoms with van der Waals surface area (Å²) in [6.07, 6.45) is 1.97. The molecule has 0 aliphatic heterocycles. The number of methoxy groups -OCH3 is 1. The fourth-order valence-electron chi connectivity index (χ4n) is 2.66. The number of sulfonamides is 1. The van der Waals surface area contributed by atoms with E-state index in [9.17, 15) is 13.2 Å². The number of amides is 1. The van der Waals surface area contributed by atoms with Crippen LogP contribution in [0.25, 0.3) is 0 Å². The summed E-state index contributed by atoms with van der Waals surface area (Å²) in [5.74, 6) is -0.0855. The molecule has 1 heterocycles. The molecule has 2 aromatic carbocycles. The molecule has 0 saturated heterocycles. The molecule has 0 unspecified atom stereocenters. The van der Waals surface area contributed by atoms with Gasteiger partial charge in [0.25, 0.3) is 10.0 Å². The Morgan fingerprint density at radius 1 is 1.10 bits per heavy atom. The van der Waals surface area contributed by atoms with Crippen molar-refractivity contribution >= 4 is 50.4 Å². The van der Waals surface area contributed by atoms with E-state index < -0.39 is 15.9 Å². The third kappa shape index (κ3) is 4.92. The second kappa shape index (κ2) is 9.34. The molecule has 152 valence electrons. The molecule has 6 nitrogen and oxygen atoms in total. The Morgan fingerprint density at radius 3 is 2.45 bits per heavy atom. The first-order valence-electron chi connectivity index (χ1n) is 8.59. The lowest BCUT2D eigenvalue weighted by molar-refractivity contribution is -0.114. The second-order valence-corrected chi connectivity index (χ2v) is 9.81. The van der Waals surface area contributed by atoms with Gasteiger partial charge >= 0.3 is 0 Å². The Kier molecular flexibility index (Phi) is 6.83. The number of benzene rings is 2. The smallest absolute Gasteiger partial charge is 0.274 e. The van der Waals surface area contributed by atoms with Gasteiger partial charge in [-0.05, 0) is 54.1 Å². The van der Waals surface area contributed by atoms with Crippen LogP contribution in [-0.4, -0.2) is 34.2 Å². The quantitative estimate of drug-likeness (QED) is 0.520. The highest BCUT2D eigenvalue weighted by Crippen LogP contribution is 2.33. The fraction of sp³-hybridized carbons (Fsp3) is 0.150. The number of thiophene rings is 1. The SMILES string of the molecule is COc1ccccc1N(CC(=O)Nc1ccc(SC)cc1)S(=O)(=O)c1cccs1. The third-order valence-electron chi connectivity index (χ3n) is 4.05. The van der Waals surface area contributed by atoms with Crippen LogP contribution in [0.1, 0.15) is 0 Å². The number of para-hydroxylation sites is 2. The van der Waals surface area contributed by atoms with Gasteiger partial charge in [-0.15, -0.1) is 23.1 Å². The molecule has 0 atom stereocenters. The minimum atomic E-state index is -3.93. The predicted molar refractivity (Wildman–Crippen MR) is 119 cm³/mol. The summed E-state index contributed by atoms with van der Waals surface area (Å²) in [5.41, 5.74) is 0.901. The number of anilines is 2. The predicted octanol–water partition coefficient (Wildman–Crippen LogP) is 4.31. The largest absolute Gasteiger partial charge is 0.495 e. The standard InChI is InChI=1S/C20H20N2O4S3/c1-26-18-7-4-3-6-17(18)22(29(24,25)20-8-5-13-28-20)14-19(23)21-15-9-11-16(27-2)12-10-15/h3-13H,14H2,1-2H3,(H,21,23). The van der Waals surface area contributed by atoms with Crippen LogP contribution in [0.15, 0.2) is 75.1 Å². The average Bonchev–Trinajstić information content (AvgIpc) is 3.28. The van der Waals surface area contributed by atoms with Crippen LogP contribution in [0.4, 0.5) is 11.4 Å². The lowest BCUT2D eigenvalue weighted by Gasteiger charge is -2.25. The minimum absolute atomic E-state index is 0.153. The molecule has 0 bridgehead atoms. The van der Waals surface area contributed by atoms with Gasteiger partial charge in [-0.25, -0.2) is 8.42 Å². The maximum Gasteiger partial charge on any atom is 0.274 e. The molecule has 0 aliphatic rings. The van der Waals surface area contributed by atoms with E-state index in [0.717, 1.165) is 20.5 Å². The zero-order valence-electron chi connectivity index (χ0n) is 15.9. The monoisotopic (exact) mass is 448 g/mol. The summed E-state index contributed by atoms with van der Waals surface area (Å²) >= 11 is 2.69. The van der Waals surface area contributed by atoms with Crippen molar-refractivity contribution in [3.8, 4) is 5.75 Å². The third-order valence-corrected chi connectivity index (χ3v) is 7.93. The highest BCUT2D eigenvalue weighted by molar-refractivity contribution is 7.98. The summed E-state index contributed by atoms with van der Waals surface area (Å²) in [6.45, 7) is -0.384. The maximum atomic E-state index is 13.2. The maximum absolute atomic E-state index is 13.2. The van der Waals surface area contributed by atoms with Crippen LogP contribution in [0.5, 0.6) is 5.75 Å². The van der Waals surface area contributed by atoms with E-state index in [2.05, 4.69) is 5.32 Å². The molecular weight excluding hydrogens is 428 g/mol. The summed E-state index contributed by atoms with van der Waals surface area (Å²) in [4.78, 5) is 13.8. The number of carbonyl (C=O) groups excluding carboxylic acids is 1. The highest BCUT2D eigenvalue weighted by Gasteiger charge is 2.30. The zero-order valence-corrected chi connectivity index (χ0v) is 18.3. The molecule has 3 rings (SSSR count). The van der Waals surface area contributed by atoms with Crippen molar-refractivity contribution in [3.63, 3.8) is 0 Å². The van der Waals surface area contributed by atoms with E-state index in [4.69, 9.17) is 4.74 Å². The van der Waals surface area contributed by atoms with E-state index in [-0.39, 0.29) is 10.8 Å². The number of rotatable bonds is 8. The zero-order chi connectivity index (χ0) is 20.9. The van der Waals surface area contributed by atoms with Gasteiger partial charge in [0.2, 0.25) is 5.91 Å². The summed E-state index contributed by atoms with van der Waals surface area (Å²) in [5, 5.41) is 4.44. The van der Waals surface area contributed by atoms with Gasteiger partial charge in [-0.2, -0.15) is 0 Å². The first-order chi connectivity index (χ1) is 14.0. The number of hydrogen-bond donors (Lipinski definition) is 1. The van der Waals surface area contributed by atoms with Gasteiger partial charge in [0, 0.05) is 10.6 Å². The Bertz CT molecular complexity index is 1070. The lowest BCUT2D eigenvalue weighted by Crippen LogP contribution is -2.38. The van der Waals surface area contributed by atoms with Gasteiger partial charge in [0.15, 0.2) is 0 Å². The summed E-state index contributed by atoms with van der Waals surface area (Å²) < 4.78 is 33.0. The Balaban J connectivity index is 1.91. The van der Waals surface area contributed by atoms with Crippen molar-refractivity contribution in [1.82, 2.24) is 0 Å². The van der Waals surface area contributed by atoms with Crippen molar-refractivity contribution in [2.75, 3.05) is 29.5 Å². The minimum Gasteiger partial charge on any atom is -0.495 e. The van der Waals surface area contributed by atoms with E-state index in [1.807, 2.05) is 18.4 Å². The van der Waals surface area contributed by atoms with Gasteiger partial charge in [-0.1, -0.05) is 18.2 Å². The van der Waals surface area contributed by atoms with E-state index in [1.165, 1.54) is 13.2 Å². The van der Waals surface area contributed by atoms with Crippen molar-refractivity contribution in [1.29, 1.82) is 0 Å². The fourth-order valence-corrected chi connectivity index (χ4v) is 5.60. The average molecular weight is 449 g/mol. The number of hydrogen-bond acceptors (Lipinski definition) is 6. The van der Waals surface area contributed by atoms with Crippen LogP contribution < -0.4 is 14.4 Å². The van der Waals surface area contributed by atoms with Gasteiger partial charge in [0.05, 0.1) is 12.8 Å². The topological polar surface area (TPSA) is 75.7 Å². The molecule has 0 fully saturated rings. The molecule has 1 aromatic heterocycles. The normalized spacial score (nSPS) is 11.1. The number of thioether (sulfide) groups is 1. The van der Waals surface area contributed by atoms with E-state index >= 15 is 0 Å². The van der Waals surface area contributed by atoms with Crippen molar-refractivity contribution in [2.45, 2.75) is 9.10 Å². The Hall–Kier alpha value is -2.49. The summed E-state index contributed by atoms with van der Waals surface area (Å²) in [7, 11) is -2.47. The van der Waals surface area contributed by atoms with Crippen LogP contribution in [0.3, 0.4) is 0 Å². The molecule has 9 heteroatoms. The molecule has 0 radical (unpaired) electrons. The highest BCUT2D eigenvalue weighted by atomic mass is 32.2. The Morgan fingerprint density at radius 2 is 1.83 bits per heavy atom. The molecule has 29 heavy (non-hydrogen) atoms. The molecular formula is C20H20N2O4S3. The number of nitrogens with zero attached hydrogens (tertiary/aromatic N) is 1. The van der Waals surface area contributed by atoms with Crippen LogP contribution in [0.2, 0.25) is 0 Å². The molecule has 3 aromatic rings. The molecule has 0 spiro atoms. The Labute approximate surface area is 178 Å². The first-order valence-corrected chi connectivity index (χ1v) is 12.1. The van der Waals surface area contributed by atoms with E-state index in [1.54, 1.807) is 59.6 Å². The molecule has 1 N–H and O–H groups in total.